The highest BCUT2D eigenvalue weighted by molar-refractivity contribution is 6.42. The number of carboxylic acids is 1. The third-order valence-electron chi connectivity index (χ3n) is 3.89. The minimum atomic E-state index is -0.890. The molecule has 2 rings (SSSR count). The summed E-state index contributed by atoms with van der Waals surface area (Å²) in [4.78, 5) is 25.5. The molecule has 2 atom stereocenters. The minimum Gasteiger partial charge on any atom is -0.481 e. The van der Waals surface area contributed by atoms with Crippen LogP contribution in [0.5, 0.6) is 0 Å². The molecule has 0 aliphatic carbocycles. The maximum atomic E-state index is 12.2. The first-order valence-electron chi connectivity index (χ1n) is 6.93. The summed E-state index contributed by atoms with van der Waals surface area (Å²) in [5.74, 6) is -1.54. The van der Waals surface area contributed by atoms with E-state index in [9.17, 15) is 14.7 Å². The molecule has 0 saturated carbocycles. The van der Waals surface area contributed by atoms with Gasteiger partial charge >= 0.3 is 5.97 Å². The minimum absolute atomic E-state index is 0.0164. The highest BCUT2D eigenvalue weighted by Crippen LogP contribution is 2.37. The lowest BCUT2D eigenvalue weighted by Crippen LogP contribution is -2.38. The smallest absolute Gasteiger partial charge is 0.308 e. The van der Waals surface area contributed by atoms with Crippen LogP contribution in [0.3, 0.4) is 0 Å². The van der Waals surface area contributed by atoms with Crippen LogP contribution in [0.4, 0.5) is 0 Å². The summed E-state index contributed by atoms with van der Waals surface area (Å²) >= 11 is 12.0. The molecule has 114 valence electrons. The Labute approximate surface area is 133 Å². The van der Waals surface area contributed by atoms with E-state index < -0.39 is 17.9 Å². The number of carbonyl (C=O) groups is 2. The van der Waals surface area contributed by atoms with Gasteiger partial charge in [0.25, 0.3) is 0 Å². The third kappa shape index (κ3) is 3.33. The number of hydrogen-bond donors (Lipinski definition) is 1. The molecule has 1 amide bonds. The van der Waals surface area contributed by atoms with Crippen molar-refractivity contribution in [3.63, 3.8) is 0 Å². The van der Waals surface area contributed by atoms with E-state index >= 15 is 0 Å². The van der Waals surface area contributed by atoms with E-state index in [0.29, 0.717) is 41.4 Å². The molecule has 21 heavy (non-hydrogen) atoms. The lowest BCUT2D eigenvalue weighted by atomic mass is 9.89. The zero-order valence-electron chi connectivity index (χ0n) is 11.7. The molecule has 1 aromatic rings. The number of nitrogens with zero attached hydrogens (tertiary/aromatic N) is 1. The Morgan fingerprint density at radius 3 is 2.67 bits per heavy atom. The Balaban J connectivity index is 2.50. The van der Waals surface area contributed by atoms with Crippen LogP contribution in [0.1, 0.15) is 37.8 Å². The monoisotopic (exact) mass is 329 g/mol. The molecule has 4 nitrogen and oxygen atoms in total. The summed E-state index contributed by atoms with van der Waals surface area (Å²) in [5, 5.41) is 10.3. The molecule has 0 spiro atoms. The van der Waals surface area contributed by atoms with Crippen LogP contribution in [0.25, 0.3) is 0 Å². The fraction of sp³-hybridized carbons (Fsp3) is 0.467. The number of hydrogen-bond acceptors (Lipinski definition) is 2. The number of aliphatic carboxylic acids is 1. The second-order valence-electron chi connectivity index (χ2n) is 5.14. The van der Waals surface area contributed by atoms with Crippen LogP contribution in [0, 0.1) is 5.92 Å². The second kappa shape index (κ2) is 6.67. The Morgan fingerprint density at radius 2 is 2.10 bits per heavy atom. The van der Waals surface area contributed by atoms with Gasteiger partial charge in [-0.2, -0.15) is 0 Å². The van der Waals surface area contributed by atoms with Gasteiger partial charge in [0, 0.05) is 13.0 Å². The van der Waals surface area contributed by atoms with E-state index in [1.807, 2.05) is 6.92 Å². The predicted molar refractivity (Wildman–Crippen MR) is 81.6 cm³/mol. The summed E-state index contributed by atoms with van der Waals surface area (Å²) in [7, 11) is 0. The first-order chi connectivity index (χ1) is 9.95. The SMILES string of the molecule is CCN1C(=O)CCCC(C(=O)O)C1c1ccc(Cl)c(Cl)c1. The Kier molecular flexibility index (Phi) is 5.12. The van der Waals surface area contributed by atoms with E-state index in [1.54, 1.807) is 23.1 Å². The third-order valence-corrected chi connectivity index (χ3v) is 4.63. The summed E-state index contributed by atoms with van der Waals surface area (Å²) in [6, 6.07) is 4.54. The van der Waals surface area contributed by atoms with Crippen molar-refractivity contribution in [2.24, 2.45) is 5.92 Å². The van der Waals surface area contributed by atoms with Crippen LogP contribution < -0.4 is 0 Å². The van der Waals surface area contributed by atoms with Crippen molar-refractivity contribution in [1.29, 1.82) is 0 Å². The average Bonchev–Trinajstić information content (AvgIpc) is 2.60. The van der Waals surface area contributed by atoms with Crippen molar-refractivity contribution in [2.75, 3.05) is 6.54 Å². The standard InChI is InChI=1S/C15H17Cl2NO3/c1-2-18-13(19)5-3-4-10(15(20)21)14(18)9-6-7-11(16)12(17)8-9/h6-8,10,14H,2-5H2,1H3,(H,20,21). The van der Waals surface area contributed by atoms with Crippen LogP contribution >= 0.6 is 23.2 Å². The molecular weight excluding hydrogens is 313 g/mol. The Bertz CT molecular complexity index is 560. The maximum absolute atomic E-state index is 12.2. The molecule has 1 aromatic carbocycles. The van der Waals surface area contributed by atoms with E-state index in [2.05, 4.69) is 0 Å². The number of carboxylic acid groups (broad SMARTS) is 1. The molecule has 1 aliphatic rings. The van der Waals surface area contributed by atoms with E-state index in [0.717, 1.165) is 0 Å². The van der Waals surface area contributed by atoms with Gasteiger partial charge in [-0.3, -0.25) is 9.59 Å². The van der Waals surface area contributed by atoms with Crippen LogP contribution in [-0.2, 0) is 9.59 Å². The molecule has 1 N–H and O–H groups in total. The van der Waals surface area contributed by atoms with Crippen LogP contribution in [-0.4, -0.2) is 28.4 Å². The van der Waals surface area contributed by atoms with Gasteiger partial charge in [0.1, 0.15) is 0 Å². The summed E-state index contributed by atoms with van der Waals surface area (Å²) in [5.41, 5.74) is 0.717. The van der Waals surface area contributed by atoms with Crippen molar-refractivity contribution in [2.45, 2.75) is 32.2 Å². The highest BCUT2D eigenvalue weighted by Gasteiger charge is 2.38. The molecular formula is C15H17Cl2NO3. The topological polar surface area (TPSA) is 57.6 Å². The molecule has 2 unspecified atom stereocenters. The normalized spacial score (nSPS) is 23.0. The zero-order chi connectivity index (χ0) is 15.6. The van der Waals surface area contributed by atoms with Crippen molar-refractivity contribution < 1.29 is 14.7 Å². The summed E-state index contributed by atoms with van der Waals surface area (Å²) in [6.45, 7) is 2.32. The zero-order valence-corrected chi connectivity index (χ0v) is 13.2. The Hall–Kier alpha value is -1.26. The molecule has 1 heterocycles. The van der Waals surface area contributed by atoms with Gasteiger partial charge in [0.15, 0.2) is 0 Å². The van der Waals surface area contributed by atoms with E-state index in [1.165, 1.54) is 0 Å². The fourth-order valence-corrected chi connectivity index (χ4v) is 3.19. The van der Waals surface area contributed by atoms with E-state index in [-0.39, 0.29) is 5.91 Å². The largest absolute Gasteiger partial charge is 0.481 e. The highest BCUT2D eigenvalue weighted by atomic mass is 35.5. The number of rotatable bonds is 3. The van der Waals surface area contributed by atoms with Crippen LogP contribution in [0.2, 0.25) is 10.0 Å². The number of benzene rings is 1. The van der Waals surface area contributed by atoms with E-state index in [4.69, 9.17) is 23.2 Å². The lowest BCUT2D eigenvalue weighted by Gasteiger charge is -2.33. The van der Waals surface area contributed by atoms with Crippen molar-refractivity contribution >= 4 is 35.1 Å². The average molecular weight is 330 g/mol. The first kappa shape index (κ1) is 16.1. The van der Waals surface area contributed by atoms with Crippen LogP contribution in [0.15, 0.2) is 18.2 Å². The van der Waals surface area contributed by atoms with Gasteiger partial charge in [-0.15, -0.1) is 0 Å². The molecule has 1 fully saturated rings. The van der Waals surface area contributed by atoms with Gasteiger partial charge in [-0.1, -0.05) is 29.3 Å². The van der Waals surface area contributed by atoms with Gasteiger partial charge in [-0.25, -0.2) is 0 Å². The number of carbonyl (C=O) groups excluding carboxylic acids is 1. The summed E-state index contributed by atoms with van der Waals surface area (Å²) in [6.07, 6.45) is 1.45. The maximum Gasteiger partial charge on any atom is 0.308 e. The summed E-state index contributed by atoms with van der Waals surface area (Å²) < 4.78 is 0. The lowest BCUT2D eigenvalue weighted by molar-refractivity contribution is -0.146. The molecule has 1 saturated heterocycles. The molecule has 0 aromatic heterocycles. The van der Waals surface area contributed by atoms with Gasteiger partial charge < -0.3 is 10.0 Å². The number of likely N-dealkylation sites (tertiary alicyclic amines) is 1. The first-order valence-corrected chi connectivity index (χ1v) is 7.68. The quantitative estimate of drug-likeness (QED) is 0.918. The second-order valence-corrected chi connectivity index (χ2v) is 5.95. The van der Waals surface area contributed by atoms with Gasteiger partial charge in [0.2, 0.25) is 5.91 Å². The fourth-order valence-electron chi connectivity index (χ4n) is 2.89. The van der Waals surface area contributed by atoms with Crippen molar-refractivity contribution in [1.82, 2.24) is 4.90 Å². The van der Waals surface area contributed by atoms with Gasteiger partial charge in [-0.05, 0) is 37.5 Å². The predicted octanol–water partition coefficient (Wildman–Crippen LogP) is 3.77. The number of halogens is 2. The molecule has 1 aliphatic heterocycles. The molecule has 6 heteroatoms. The molecule has 0 bridgehead atoms. The van der Waals surface area contributed by atoms with Gasteiger partial charge in [0.05, 0.1) is 22.0 Å². The number of amides is 1. The van der Waals surface area contributed by atoms with Crippen molar-refractivity contribution in [3.05, 3.63) is 33.8 Å². The molecule has 0 radical (unpaired) electrons. The Morgan fingerprint density at radius 1 is 1.38 bits per heavy atom. The van der Waals surface area contributed by atoms with Crippen molar-refractivity contribution in [3.8, 4) is 0 Å².